The van der Waals surface area contributed by atoms with Crippen LogP contribution in [0.1, 0.15) is 39.0 Å². The van der Waals surface area contributed by atoms with Crippen LogP contribution in [0.2, 0.25) is 0 Å². The second-order valence-electron chi connectivity index (χ2n) is 4.70. The highest BCUT2D eigenvalue weighted by Crippen LogP contribution is 2.26. The SMILES string of the molecule is Cc1cc(C(C)NC(=O)Cc2nc(CCl)cs2)c(C)s1. The number of thiazole rings is 1. The van der Waals surface area contributed by atoms with Gasteiger partial charge in [0.05, 0.1) is 24.0 Å². The average molecular weight is 329 g/mol. The highest BCUT2D eigenvalue weighted by atomic mass is 35.5. The summed E-state index contributed by atoms with van der Waals surface area (Å²) in [6.07, 6.45) is 0.314. The molecule has 6 heteroatoms. The van der Waals surface area contributed by atoms with Crippen molar-refractivity contribution in [2.24, 2.45) is 0 Å². The minimum absolute atomic E-state index is 0.00349. The highest BCUT2D eigenvalue weighted by molar-refractivity contribution is 7.12. The van der Waals surface area contributed by atoms with Crippen LogP contribution in [0.15, 0.2) is 11.4 Å². The van der Waals surface area contributed by atoms with Gasteiger partial charge in [-0.2, -0.15) is 0 Å². The number of aromatic nitrogens is 1. The van der Waals surface area contributed by atoms with Crippen LogP contribution in [-0.2, 0) is 17.1 Å². The van der Waals surface area contributed by atoms with Crippen molar-refractivity contribution in [1.29, 1.82) is 0 Å². The summed E-state index contributed by atoms with van der Waals surface area (Å²) in [5, 5.41) is 5.73. The number of hydrogen-bond acceptors (Lipinski definition) is 4. The van der Waals surface area contributed by atoms with E-state index >= 15 is 0 Å². The Morgan fingerprint density at radius 1 is 1.50 bits per heavy atom. The number of halogens is 1. The van der Waals surface area contributed by atoms with Gasteiger partial charge >= 0.3 is 0 Å². The van der Waals surface area contributed by atoms with Crippen LogP contribution < -0.4 is 5.32 Å². The fraction of sp³-hybridized carbons (Fsp3) is 0.429. The van der Waals surface area contributed by atoms with Crippen molar-refractivity contribution in [3.63, 3.8) is 0 Å². The Morgan fingerprint density at radius 2 is 2.25 bits per heavy atom. The van der Waals surface area contributed by atoms with Gasteiger partial charge in [0.15, 0.2) is 0 Å². The molecule has 0 saturated heterocycles. The molecule has 0 saturated carbocycles. The van der Waals surface area contributed by atoms with Crippen LogP contribution in [0, 0.1) is 13.8 Å². The molecular formula is C14H17ClN2OS2. The fourth-order valence-electron chi connectivity index (χ4n) is 2.08. The predicted octanol–water partition coefficient (Wildman–Crippen LogP) is 3.98. The summed E-state index contributed by atoms with van der Waals surface area (Å²) in [5.41, 5.74) is 2.03. The molecule has 0 aromatic carbocycles. The van der Waals surface area contributed by atoms with Crippen molar-refractivity contribution >= 4 is 40.2 Å². The van der Waals surface area contributed by atoms with Crippen molar-refractivity contribution in [1.82, 2.24) is 10.3 Å². The summed E-state index contributed by atoms with van der Waals surface area (Å²) in [7, 11) is 0. The van der Waals surface area contributed by atoms with Crippen molar-refractivity contribution in [2.75, 3.05) is 0 Å². The second kappa shape index (κ2) is 6.70. The molecule has 2 aromatic rings. The van der Waals surface area contributed by atoms with Crippen LogP contribution in [0.25, 0.3) is 0 Å². The fourth-order valence-corrected chi connectivity index (χ4v) is 4.12. The minimum Gasteiger partial charge on any atom is -0.349 e. The predicted molar refractivity (Wildman–Crippen MR) is 85.7 cm³/mol. The molecule has 0 aliphatic rings. The molecule has 3 nitrogen and oxygen atoms in total. The lowest BCUT2D eigenvalue weighted by Gasteiger charge is -2.13. The van der Waals surface area contributed by atoms with Gasteiger partial charge < -0.3 is 5.32 Å². The summed E-state index contributed by atoms with van der Waals surface area (Å²) in [6.45, 7) is 6.18. The lowest BCUT2D eigenvalue weighted by Crippen LogP contribution is -2.28. The number of nitrogens with one attached hydrogen (secondary N) is 1. The number of amides is 1. The maximum absolute atomic E-state index is 12.0. The first-order valence-electron chi connectivity index (χ1n) is 6.35. The van der Waals surface area contributed by atoms with Gasteiger partial charge in [-0.1, -0.05) is 0 Å². The number of aryl methyl sites for hydroxylation is 2. The quantitative estimate of drug-likeness (QED) is 0.843. The van der Waals surface area contributed by atoms with E-state index in [1.54, 1.807) is 11.3 Å². The Bertz CT molecular complexity index is 606. The van der Waals surface area contributed by atoms with Crippen LogP contribution in [-0.4, -0.2) is 10.9 Å². The van der Waals surface area contributed by atoms with E-state index < -0.39 is 0 Å². The van der Waals surface area contributed by atoms with E-state index in [1.165, 1.54) is 26.7 Å². The third-order valence-electron chi connectivity index (χ3n) is 2.97. The third kappa shape index (κ3) is 3.81. The maximum Gasteiger partial charge on any atom is 0.227 e. The highest BCUT2D eigenvalue weighted by Gasteiger charge is 2.15. The molecule has 0 aliphatic heterocycles. The zero-order valence-electron chi connectivity index (χ0n) is 11.7. The second-order valence-corrected chi connectivity index (χ2v) is 7.37. The summed E-state index contributed by atoms with van der Waals surface area (Å²) in [5.74, 6) is 0.387. The molecule has 1 atom stereocenters. The molecule has 1 N–H and O–H groups in total. The summed E-state index contributed by atoms with van der Waals surface area (Å²) in [6, 6.07) is 2.17. The average Bonchev–Trinajstić information content (AvgIpc) is 2.95. The van der Waals surface area contributed by atoms with Gasteiger partial charge in [-0.3, -0.25) is 4.79 Å². The molecule has 1 unspecified atom stereocenters. The van der Waals surface area contributed by atoms with Crippen molar-refractivity contribution < 1.29 is 4.79 Å². The topological polar surface area (TPSA) is 42.0 Å². The Labute approximate surface area is 132 Å². The number of thiophene rings is 1. The minimum atomic E-state index is -0.00349. The first-order valence-corrected chi connectivity index (χ1v) is 8.58. The van der Waals surface area contributed by atoms with Crippen molar-refractivity contribution in [2.45, 2.75) is 39.1 Å². The summed E-state index contributed by atoms with van der Waals surface area (Å²) in [4.78, 5) is 18.9. The Balaban J connectivity index is 1.95. The van der Waals surface area contributed by atoms with Gasteiger partial charge in [0.1, 0.15) is 5.01 Å². The lowest BCUT2D eigenvalue weighted by molar-refractivity contribution is -0.121. The monoisotopic (exact) mass is 328 g/mol. The summed E-state index contributed by atoms with van der Waals surface area (Å²) < 4.78 is 0. The first-order chi connectivity index (χ1) is 9.49. The van der Waals surface area contributed by atoms with E-state index in [1.807, 2.05) is 12.3 Å². The van der Waals surface area contributed by atoms with E-state index in [0.717, 1.165) is 10.7 Å². The molecule has 0 fully saturated rings. The van der Waals surface area contributed by atoms with Gasteiger partial charge in [-0.25, -0.2) is 4.98 Å². The van der Waals surface area contributed by atoms with Gasteiger partial charge in [-0.05, 0) is 32.4 Å². The van der Waals surface area contributed by atoms with E-state index in [0.29, 0.717) is 12.3 Å². The molecule has 108 valence electrons. The number of alkyl halides is 1. The maximum atomic E-state index is 12.0. The number of hydrogen-bond donors (Lipinski definition) is 1. The number of rotatable bonds is 5. The molecular weight excluding hydrogens is 312 g/mol. The Hall–Kier alpha value is -0.910. The molecule has 0 bridgehead atoms. The zero-order valence-corrected chi connectivity index (χ0v) is 14.1. The largest absolute Gasteiger partial charge is 0.349 e. The van der Waals surface area contributed by atoms with E-state index in [2.05, 4.69) is 30.2 Å². The van der Waals surface area contributed by atoms with Gasteiger partial charge in [0.25, 0.3) is 0 Å². The summed E-state index contributed by atoms with van der Waals surface area (Å²) >= 11 is 8.94. The smallest absolute Gasteiger partial charge is 0.227 e. The van der Waals surface area contributed by atoms with Crippen molar-refractivity contribution in [3.05, 3.63) is 37.5 Å². The molecule has 2 aromatic heterocycles. The Kier molecular flexibility index (Phi) is 5.18. The van der Waals surface area contributed by atoms with Gasteiger partial charge in [0, 0.05) is 15.1 Å². The number of carbonyl (C=O) groups is 1. The molecule has 0 spiro atoms. The molecule has 0 radical (unpaired) electrons. The van der Waals surface area contributed by atoms with Gasteiger partial charge in [0.2, 0.25) is 5.91 Å². The third-order valence-corrected chi connectivity index (χ3v) is 5.12. The first kappa shape index (κ1) is 15.5. The van der Waals surface area contributed by atoms with E-state index in [-0.39, 0.29) is 11.9 Å². The van der Waals surface area contributed by atoms with E-state index in [9.17, 15) is 4.79 Å². The molecule has 1 amide bonds. The standard InChI is InChI=1S/C14H17ClN2OS2/c1-8-4-12(10(3)20-8)9(2)16-13(18)5-14-17-11(6-15)7-19-14/h4,7,9H,5-6H2,1-3H3,(H,16,18). The normalized spacial score (nSPS) is 12.4. The van der Waals surface area contributed by atoms with Crippen LogP contribution in [0.5, 0.6) is 0 Å². The Morgan fingerprint density at radius 3 is 2.80 bits per heavy atom. The van der Waals surface area contributed by atoms with Crippen LogP contribution in [0.3, 0.4) is 0 Å². The molecule has 20 heavy (non-hydrogen) atoms. The number of nitrogens with zero attached hydrogens (tertiary/aromatic N) is 1. The zero-order chi connectivity index (χ0) is 14.7. The van der Waals surface area contributed by atoms with Crippen LogP contribution in [0.4, 0.5) is 0 Å². The van der Waals surface area contributed by atoms with E-state index in [4.69, 9.17) is 11.6 Å². The van der Waals surface area contributed by atoms with Crippen LogP contribution >= 0.6 is 34.3 Å². The molecule has 2 heterocycles. The number of carbonyl (C=O) groups excluding carboxylic acids is 1. The van der Waals surface area contributed by atoms with Crippen molar-refractivity contribution in [3.8, 4) is 0 Å². The molecule has 0 aliphatic carbocycles. The van der Waals surface area contributed by atoms with Gasteiger partial charge in [-0.15, -0.1) is 34.3 Å². The lowest BCUT2D eigenvalue weighted by atomic mass is 10.1. The molecule has 2 rings (SSSR count).